The average Bonchev–Trinajstić information content (AvgIpc) is 2.51. The molecule has 2 aromatic carbocycles. The Morgan fingerprint density at radius 1 is 1.08 bits per heavy atom. The van der Waals surface area contributed by atoms with Gasteiger partial charge in [0.1, 0.15) is 12.4 Å². The van der Waals surface area contributed by atoms with Gasteiger partial charge in [-0.1, -0.05) is 29.8 Å². The van der Waals surface area contributed by atoms with Gasteiger partial charge in [-0.05, 0) is 49.6 Å². The van der Waals surface area contributed by atoms with Crippen molar-refractivity contribution in [2.24, 2.45) is 0 Å². The van der Waals surface area contributed by atoms with Crippen molar-refractivity contribution in [1.82, 2.24) is 5.32 Å². The molecule has 0 aromatic heterocycles. The third-order valence-electron chi connectivity index (χ3n) is 3.98. The van der Waals surface area contributed by atoms with Crippen LogP contribution in [0, 0.1) is 26.6 Å². The van der Waals surface area contributed by atoms with E-state index in [9.17, 15) is 17.6 Å². The van der Waals surface area contributed by atoms with Gasteiger partial charge in [0.2, 0.25) is 15.9 Å². The molecule has 1 N–H and O–H groups in total. The number of sulfonamides is 1. The highest BCUT2D eigenvalue weighted by Gasteiger charge is 2.24. The highest BCUT2D eigenvalue weighted by atomic mass is 32.2. The number of anilines is 1. The number of hydrogen-bond donors (Lipinski definition) is 1. The van der Waals surface area contributed by atoms with Gasteiger partial charge < -0.3 is 5.32 Å². The van der Waals surface area contributed by atoms with Crippen molar-refractivity contribution in [3.8, 4) is 0 Å². The molecule has 0 saturated heterocycles. The number of hydrogen-bond acceptors (Lipinski definition) is 3. The molecule has 0 aliphatic rings. The van der Waals surface area contributed by atoms with Crippen LogP contribution in [0.5, 0.6) is 0 Å². The fourth-order valence-electron chi connectivity index (χ4n) is 2.92. The normalized spacial score (nSPS) is 11.3. The Morgan fingerprint density at radius 2 is 1.62 bits per heavy atom. The van der Waals surface area contributed by atoms with E-state index in [1.165, 1.54) is 12.1 Å². The van der Waals surface area contributed by atoms with Crippen molar-refractivity contribution in [3.63, 3.8) is 0 Å². The third kappa shape index (κ3) is 5.05. The Labute approximate surface area is 153 Å². The second-order valence-electron chi connectivity index (χ2n) is 6.42. The number of halogens is 1. The SMILES string of the molecule is Cc1cc(C)c(N(CC(=O)NCc2ccc(F)cc2)S(C)(=O)=O)c(C)c1. The van der Waals surface area contributed by atoms with E-state index in [-0.39, 0.29) is 18.9 Å². The summed E-state index contributed by atoms with van der Waals surface area (Å²) in [5.74, 6) is -0.784. The summed E-state index contributed by atoms with van der Waals surface area (Å²) < 4.78 is 38.6. The van der Waals surface area contributed by atoms with Crippen LogP contribution in [0.4, 0.5) is 10.1 Å². The van der Waals surface area contributed by atoms with Crippen molar-refractivity contribution in [2.45, 2.75) is 27.3 Å². The number of rotatable bonds is 6. The molecular formula is C19H23FN2O3S. The van der Waals surface area contributed by atoms with E-state index in [0.29, 0.717) is 5.69 Å². The molecule has 2 rings (SSSR count). The van der Waals surface area contributed by atoms with Crippen molar-refractivity contribution in [2.75, 3.05) is 17.1 Å². The maximum absolute atomic E-state index is 12.9. The molecule has 0 unspecified atom stereocenters. The predicted molar refractivity (Wildman–Crippen MR) is 101 cm³/mol. The van der Waals surface area contributed by atoms with E-state index >= 15 is 0 Å². The lowest BCUT2D eigenvalue weighted by molar-refractivity contribution is -0.119. The van der Waals surface area contributed by atoms with Crippen LogP contribution in [-0.2, 0) is 21.4 Å². The smallest absolute Gasteiger partial charge is 0.241 e. The van der Waals surface area contributed by atoms with E-state index in [1.807, 2.05) is 32.9 Å². The molecule has 0 spiro atoms. The predicted octanol–water partition coefficient (Wildman–Crippen LogP) is 2.83. The summed E-state index contributed by atoms with van der Waals surface area (Å²) in [6.07, 6.45) is 1.08. The monoisotopic (exact) mass is 378 g/mol. The van der Waals surface area contributed by atoms with E-state index in [2.05, 4.69) is 5.32 Å². The fourth-order valence-corrected chi connectivity index (χ4v) is 3.89. The first-order valence-corrected chi connectivity index (χ1v) is 9.99. The molecule has 2 aromatic rings. The molecule has 0 atom stereocenters. The van der Waals surface area contributed by atoms with Gasteiger partial charge in [-0.2, -0.15) is 0 Å². The summed E-state index contributed by atoms with van der Waals surface area (Å²) >= 11 is 0. The van der Waals surface area contributed by atoms with Crippen molar-refractivity contribution >= 4 is 21.6 Å². The average molecular weight is 378 g/mol. The Morgan fingerprint density at radius 3 is 2.12 bits per heavy atom. The van der Waals surface area contributed by atoms with E-state index in [4.69, 9.17) is 0 Å². The van der Waals surface area contributed by atoms with Crippen molar-refractivity contribution < 1.29 is 17.6 Å². The van der Waals surface area contributed by atoms with Crippen molar-refractivity contribution in [3.05, 3.63) is 64.5 Å². The number of benzene rings is 2. The topological polar surface area (TPSA) is 66.5 Å². The molecule has 0 aliphatic heterocycles. The summed E-state index contributed by atoms with van der Waals surface area (Å²) in [7, 11) is -3.64. The van der Waals surface area contributed by atoms with Gasteiger partial charge in [-0.3, -0.25) is 9.10 Å². The minimum absolute atomic E-state index is 0.197. The van der Waals surface area contributed by atoms with Crippen LogP contribution >= 0.6 is 0 Å². The summed E-state index contributed by atoms with van der Waals surface area (Å²) in [4.78, 5) is 12.3. The van der Waals surface area contributed by atoms with Gasteiger partial charge in [0.05, 0.1) is 11.9 Å². The minimum Gasteiger partial charge on any atom is -0.350 e. The minimum atomic E-state index is -3.64. The molecule has 5 nitrogen and oxygen atoms in total. The van der Waals surface area contributed by atoms with Crippen LogP contribution in [0.1, 0.15) is 22.3 Å². The van der Waals surface area contributed by atoms with Crippen LogP contribution in [-0.4, -0.2) is 27.1 Å². The van der Waals surface area contributed by atoms with E-state index in [1.54, 1.807) is 12.1 Å². The summed E-state index contributed by atoms with van der Waals surface area (Å²) in [6.45, 7) is 5.46. The van der Waals surface area contributed by atoms with Gasteiger partial charge in [-0.15, -0.1) is 0 Å². The number of amides is 1. The van der Waals surface area contributed by atoms with Crippen molar-refractivity contribution in [1.29, 1.82) is 0 Å². The van der Waals surface area contributed by atoms with Gasteiger partial charge in [0, 0.05) is 6.54 Å². The number of nitrogens with zero attached hydrogens (tertiary/aromatic N) is 1. The first-order valence-electron chi connectivity index (χ1n) is 8.14. The molecule has 1 amide bonds. The molecule has 26 heavy (non-hydrogen) atoms. The van der Waals surface area contributed by atoms with Gasteiger partial charge in [-0.25, -0.2) is 12.8 Å². The molecular weight excluding hydrogens is 355 g/mol. The Balaban J connectivity index is 2.19. The zero-order valence-corrected chi connectivity index (χ0v) is 16.2. The summed E-state index contributed by atoms with van der Waals surface area (Å²) in [6, 6.07) is 9.52. The highest BCUT2D eigenvalue weighted by molar-refractivity contribution is 7.92. The largest absolute Gasteiger partial charge is 0.350 e. The standard InChI is InChI=1S/C19H23FN2O3S/c1-13-9-14(2)19(15(3)10-13)22(26(4,24)25)12-18(23)21-11-16-5-7-17(20)8-6-16/h5-10H,11-12H2,1-4H3,(H,21,23). The maximum Gasteiger partial charge on any atom is 0.241 e. The lowest BCUT2D eigenvalue weighted by Crippen LogP contribution is -2.40. The second-order valence-corrected chi connectivity index (χ2v) is 8.33. The quantitative estimate of drug-likeness (QED) is 0.841. The number of carbonyl (C=O) groups is 1. The first-order chi connectivity index (χ1) is 12.1. The molecule has 140 valence electrons. The Hall–Kier alpha value is -2.41. The summed E-state index contributed by atoms with van der Waals surface area (Å²) in [5, 5.41) is 2.67. The van der Waals surface area contributed by atoms with Gasteiger partial charge in [0.25, 0.3) is 0 Å². The van der Waals surface area contributed by atoms with Crippen LogP contribution in [0.15, 0.2) is 36.4 Å². The molecule has 0 fully saturated rings. The lowest BCUT2D eigenvalue weighted by Gasteiger charge is -2.26. The van der Waals surface area contributed by atoms with Crippen LogP contribution in [0.2, 0.25) is 0 Å². The zero-order chi connectivity index (χ0) is 19.5. The van der Waals surface area contributed by atoms with Gasteiger partial charge >= 0.3 is 0 Å². The number of aryl methyl sites for hydroxylation is 3. The Bertz CT molecular complexity index is 886. The molecule has 7 heteroatoms. The Kier molecular flexibility index (Phi) is 6.02. The second kappa shape index (κ2) is 7.86. The molecule has 0 heterocycles. The third-order valence-corrected chi connectivity index (χ3v) is 5.09. The van der Waals surface area contributed by atoms with E-state index in [0.717, 1.165) is 32.8 Å². The zero-order valence-electron chi connectivity index (χ0n) is 15.3. The highest BCUT2D eigenvalue weighted by Crippen LogP contribution is 2.28. The summed E-state index contributed by atoms with van der Waals surface area (Å²) in [5.41, 5.74) is 3.86. The first kappa shape index (κ1) is 19.9. The molecule has 0 bridgehead atoms. The van der Waals surface area contributed by atoms with E-state index < -0.39 is 15.9 Å². The molecule has 0 radical (unpaired) electrons. The molecule has 0 aliphatic carbocycles. The van der Waals surface area contributed by atoms with Crippen LogP contribution < -0.4 is 9.62 Å². The maximum atomic E-state index is 12.9. The van der Waals surface area contributed by atoms with Gasteiger partial charge in [0.15, 0.2) is 0 Å². The lowest BCUT2D eigenvalue weighted by atomic mass is 10.1. The molecule has 0 saturated carbocycles. The number of carbonyl (C=O) groups excluding carboxylic acids is 1. The van der Waals surface area contributed by atoms with Crippen LogP contribution in [0.3, 0.4) is 0 Å². The number of nitrogens with one attached hydrogen (secondary N) is 1. The van der Waals surface area contributed by atoms with Crippen LogP contribution in [0.25, 0.3) is 0 Å². The fraction of sp³-hybridized carbons (Fsp3) is 0.316.